The van der Waals surface area contributed by atoms with Gasteiger partial charge < -0.3 is 14.0 Å². The van der Waals surface area contributed by atoms with Gasteiger partial charge in [0.05, 0.1) is 23.8 Å². The number of esters is 1. The number of carbonyl (C=O) groups excluding carboxylic acids is 1. The normalized spacial score (nSPS) is 11.9. The Hall–Kier alpha value is -5.21. The van der Waals surface area contributed by atoms with E-state index in [2.05, 4.69) is 21.1 Å². The molecule has 0 spiro atoms. The van der Waals surface area contributed by atoms with Gasteiger partial charge >= 0.3 is 5.97 Å². The molecule has 8 nitrogen and oxygen atoms in total. The Labute approximate surface area is 213 Å². The molecule has 1 aromatic heterocycles. The zero-order valence-corrected chi connectivity index (χ0v) is 20.1. The SMILES string of the molecule is [C-]#[N+]c1ccccc1C(=O)OC1=CCc2c1cccc2-c1noc(-c2ccc(OC(C)C)c(C#N)c2)n1. The molecule has 180 valence electrons. The molecule has 1 heterocycles. The number of carbonyl (C=O) groups is 1. The van der Waals surface area contributed by atoms with Gasteiger partial charge in [0.15, 0.2) is 0 Å². The molecule has 3 aromatic carbocycles. The number of nitrogens with zero attached hydrogens (tertiary/aromatic N) is 4. The molecule has 0 saturated heterocycles. The summed E-state index contributed by atoms with van der Waals surface area (Å²) in [6.45, 7) is 11.1. The van der Waals surface area contributed by atoms with Crippen molar-refractivity contribution in [1.82, 2.24) is 10.1 Å². The summed E-state index contributed by atoms with van der Waals surface area (Å²) in [5, 5.41) is 13.7. The average Bonchev–Trinajstić information content (AvgIpc) is 3.56. The number of ether oxygens (including phenoxy) is 2. The highest BCUT2D eigenvalue weighted by Crippen LogP contribution is 2.36. The maximum absolute atomic E-state index is 12.8. The monoisotopic (exact) mass is 488 g/mol. The van der Waals surface area contributed by atoms with Crippen LogP contribution in [0, 0.1) is 17.9 Å². The van der Waals surface area contributed by atoms with Crippen LogP contribution < -0.4 is 4.74 Å². The van der Waals surface area contributed by atoms with E-state index in [-0.39, 0.29) is 23.2 Å². The second-order valence-electron chi connectivity index (χ2n) is 8.54. The van der Waals surface area contributed by atoms with E-state index in [1.165, 1.54) is 0 Å². The maximum Gasteiger partial charge on any atom is 0.332 e. The smallest absolute Gasteiger partial charge is 0.332 e. The molecule has 0 bridgehead atoms. The van der Waals surface area contributed by atoms with Gasteiger partial charge in [-0.3, -0.25) is 0 Å². The Morgan fingerprint density at radius 3 is 2.73 bits per heavy atom. The Morgan fingerprint density at radius 1 is 1.14 bits per heavy atom. The third-order valence-corrected chi connectivity index (χ3v) is 5.76. The molecule has 0 aliphatic heterocycles. The fourth-order valence-electron chi connectivity index (χ4n) is 4.10. The highest BCUT2D eigenvalue weighted by atomic mass is 16.5. The van der Waals surface area contributed by atoms with Crippen LogP contribution in [0.2, 0.25) is 0 Å². The van der Waals surface area contributed by atoms with E-state index in [0.717, 1.165) is 16.7 Å². The van der Waals surface area contributed by atoms with Crippen molar-refractivity contribution in [1.29, 1.82) is 5.26 Å². The van der Waals surface area contributed by atoms with Gasteiger partial charge in [0.1, 0.15) is 17.6 Å². The maximum atomic E-state index is 12.8. The quantitative estimate of drug-likeness (QED) is 0.230. The first-order valence-corrected chi connectivity index (χ1v) is 11.5. The lowest BCUT2D eigenvalue weighted by atomic mass is 10.0. The van der Waals surface area contributed by atoms with E-state index in [0.29, 0.717) is 34.9 Å². The van der Waals surface area contributed by atoms with Gasteiger partial charge in [-0.25, -0.2) is 9.64 Å². The zero-order chi connectivity index (χ0) is 25.9. The zero-order valence-electron chi connectivity index (χ0n) is 20.1. The third-order valence-electron chi connectivity index (χ3n) is 5.76. The summed E-state index contributed by atoms with van der Waals surface area (Å²) in [5.41, 5.74) is 3.83. The molecule has 0 saturated carbocycles. The summed E-state index contributed by atoms with van der Waals surface area (Å²) >= 11 is 0. The van der Waals surface area contributed by atoms with Crippen LogP contribution in [-0.2, 0) is 11.2 Å². The van der Waals surface area contributed by atoms with Crippen LogP contribution in [-0.4, -0.2) is 22.2 Å². The molecule has 4 aromatic rings. The van der Waals surface area contributed by atoms with E-state index in [9.17, 15) is 10.1 Å². The van der Waals surface area contributed by atoms with Crippen LogP contribution >= 0.6 is 0 Å². The van der Waals surface area contributed by atoms with E-state index >= 15 is 0 Å². The van der Waals surface area contributed by atoms with Crippen molar-refractivity contribution in [3.8, 4) is 34.7 Å². The van der Waals surface area contributed by atoms with Crippen molar-refractivity contribution in [2.24, 2.45) is 0 Å². The van der Waals surface area contributed by atoms with Crippen molar-refractivity contribution in [3.05, 3.63) is 100 Å². The third kappa shape index (κ3) is 4.56. The lowest BCUT2D eigenvalue weighted by Crippen LogP contribution is -2.06. The van der Waals surface area contributed by atoms with Crippen molar-refractivity contribution in [2.75, 3.05) is 0 Å². The van der Waals surface area contributed by atoms with E-state index in [1.807, 2.05) is 38.1 Å². The molecule has 0 unspecified atom stereocenters. The van der Waals surface area contributed by atoms with Gasteiger partial charge in [-0.1, -0.05) is 47.6 Å². The van der Waals surface area contributed by atoms with Crippen molar-refractivity contribution >= 4 is 17.4 Å². The number of hydrogen-bond donors (Lipinski definition) is 0. The predicted octanol–water partition coefficient (Wildman–Crippen LogP) is 6.37. The molecule has 1 aliphatic rings. The number of nitriles is 1. The molecule has 5 rings (SSSR count). The number of para-hydroxylation sites is 1. The summed E-state index contributed by atoms with van der Waals surface area (Å²) in [4.78, 5) is 20.7. The summed E-state index contributed by atoms with van der Waals surface area (Å²) in [6.07, 6.45) is 2.27. The first-order chi connectivity index (χ1) is 18.0. The van der Waals surface area contributed by atoms with Crippen LogP contribution in [0.25, 0.3) is 33.4 Å². The second-order valence-corrected chi connectivity index (χ2v) is 8.54. The number of aromatic nitrogens is 2. The minimum atomic E-state index is -0.587. The fraction of sp³-hybridized carbons (Fsp3) is 0.138. The average molecular weight is 489 g/mol. The lowest BCUT2D eigenvalue weighted by molar-refractivity contribution is 0.0693. The number of allylic oxidation sites excluding steroid dienone is 1. The Kier molecular flexibility index (Phi) is 6.23. The van der Waals surface area contributed by atoms with Crippen molar-refractivity contribution in [2.45, 2.75) is 26.4 Å². The van der Waals surface area contributed by atoms with Gasteiger partial charge in [-0.05, 0) is 50.1 Å². The van der Waals surface area contributed by atoms with Gasteiger partial charge in [0, 0.05) is 16.7 Å². The molecular formula is C29H20N4O4. The molecule has 0 radical (unpaired) electrons. The van der Waals surface area contributed by atoms with Crippen LogP contribution in [0.15, 0.2) is 71.3 Å². The summed E-state index contributed by atoms with van der Waals surface area (Å²) in [7, 11) is 0. The van der Waals surface area contributed by atoms with Crippen LogP contribution in [0.3, 0.4) is 0 Å². The minimum absolute atomic E-state index is 0.0617. The van der Waals surface area contributed by atoms with Crippen LogP contribution in [0.1, 0.15) is 40.9 Å². The number of hydrogen-bond acceptors (Lipinski definition) is 7. The minimum Gasteiger partial charge on any atom is -0.490 e. The fourth-order valence-corrected chi connectivity index (χ4v) is 4.10. The molecule has 8 heteroatoms. The number of benzene rings is 3. The number of fused-ring (bicyclic) bond motifs is 1. The van der Waals surface area contributed by atoms with Crippen molar-refractivity contribution in [3.63, 3.8) is 0 Å². The van der Waals surface area contributed by atoms with Gasteiger partial charge in [-0.15, -0.1) is 0 Å². The van der Waals surface area contributed by atoms with Gasteiger partial charge in [0.2, 0.25) is 11.5 Å². The molecule has 0 N–H and O–H groups in total. The first kappa shape index (κ1) is 23.5. The molecule has 1 aliphatic carbocycles. The largest absolute Gasteiger partial charge is 0.490 e. The summed E-state index contributed by atoms with van der Waals surface area (Å²) in [5.74, 6) is 0.982. The Bertz CT molecular complexity index is 1640. The predicted molar refractivity (Wildman–Crippen MR) is 135 cm³/mol. The highest BCUT2D eigenvalue weighted by Gasteiger charge is 2.25. The highest BCUT2D eigenvalue weighted by molar-refractivity contribution is 5.99. The second kappa shape index (κ2) is 9.80. The summed E-state index contributed by atoms with van der Waals surface area (Å²) < 4.78 is 16.9. The Balaban J connectivity index is 1.41. The molecule has 0 amide bonds. The topological polar surface area (TPSA) is 103 Å². The Morgan fingerprint density at radius 2 is 1.95 bits per heavy atom. The first-order valence-electron chi connectivity index (χ1n) is 11.5. The van der Waals surface area contributed by atoms with E-state index in [4.69, 9.17) is 20.6 Å². The molecule has 0 fully saturated rings. The van der Waals surface area contributed by atoms with Crippen LogP contribution in [0.4, 0.5) is 5.69 Å². The number of rotatable bonds is 6. The van der Waals surface area contributed by atoms with Gasteiger partial charge in [0.25, 0.3) is 5.89 Å². The lowest BCUT2D eigenvalue weighted by Gasteiger charge is -2.11. The van der Waals surface area contributed by atoms with E-state index in [1.54, 1.807) is 42.5 Å². The van der Waals surface area contributed by atoms with E-state index < -0.39 is 5.97 Å². The summed E-state index contributed by atoms with van der Waals surface area (Å²) in [6, 6.07) is 19.4. The molecule has 37 heavy (non-hydrogen) atoms. The standard InChI is InChI=1S/C29H20N4O4/c1-17(2)35-25-13-11-18(15-19(25)16-30)28-32-27(33-37-28)22-9-6-8-21-20(22)12-14-26(21)36-29(34)23-7-4-5-10-24(23)31-3/h4-11,13-15,17H,12H2,1-2H3. The molecule has 0 atom stereocenters. The van der Waals surface area contributed by atoms with Crippen molar-refractivity contribution < 1.29 is 18.8 Å². The van der Waals surface area contributed by atoms with Gasteiger partial charge in [-0.2, -0.15) is 10.2 Å². The molecular weight excluding hydrogens is 468 g/mol. The van der Waals surface area contributed by atoms with Crippen LogP contribution in [0.5, 0.6) is 5.75 Å².